The molecular weight excluding hydrogens is 362 g/mol. The fourth-order valence-corrected chi connectivity index (χ4v) is 3.10. The van der Waals surface area contributed by atoms with Crippen LogP contribution in [0, 0.1) is 11.6 Å². The fraction of sp³-hybridized carbons (Fsp3) is 0.316. The Bertz CT molecular complexity index is 742. The second-order valence-electron chi connectivity index (χ2n) is 6.03. The molecule has 0 aromatic heterocycles. The lowest BCUT2D eigenvalue weighted by atomic mass is 10.1. The molecule has 1 aliphatic rings. The van der Waals surface area contributed by atoms with Gasteiger partial charge in [0.2, 0.25) is 0 Å². The maximum absolute atomic E-state index is 13.9. The third kappa shape index (κ3) is 4.51. The van der Waals surface area contributed by atoms with Crippen LogP contribution in [-0.4, -0.2) is 55.0 Å². The van der Waals surface area contributed by atoms with Gasteiger partial charge in [0.05, 0.1) is 10.6 Å². The Morgan fingerprint density at radius 3 is 2.38 bits per heavy atom. The van der Waals surface area contributed by atoms with Crippen molar-refractivity contribution in [3.63, 3.8) is 0 Å². The molecule has 0 saturated carbocycles. The van der Waals surface area contributed by atoms with E-state index in [2.05, 4.69) is 4.90 Å². The third-order valence-corrected chi connectivity index (χ3v) is 4.64. The molecule has 1 saturated heterocycles. The van der Waals surface area contributed by atoms with E-state index in [1.54, 1.807) is 17.0 Å². The monoisotopic (exact) mass is 380 g/mol. The molecule has 2 aromatic carbocycles. The molecular formula is C19H19ClF2N2O2. The predicted octanol–water partition coefficient (Wildman–Crippen LogP) is 3.46. The largest absolute Gasteiger partial charge is 0.492 e. The van der Waals surface area contributed by atoms with Crippen LogP contribution >= 0.6 is 11.6 Å². The summed E-state index contributed by atoms with van der Waals surface area (Å²) in [4.78, 5) is 16.3. The molecule has 1 aliphatic heterocycles. The van der Waals surface area contributed by atoms with Crippen LogP contribution in [0.15, 0.2) is 42.5 Å². The van der Waals surface area contributed by atoms with E-state index in [1.165, 1.54) is 30.3 Å². The summed E-state index contributed by atoms with van der Waals surface area (Å²) in [6, 6.07) is 10.1. The topological polar surface area (TPSA) is 32.8 Å². The van der Waals surface area contributed by atoms with Gasteiger partial charge in [0.1, 0.15) is 24.0 Å². The first-order valence-electron chi connectivity index (χ1n) is 8.38. The van der Waals surface area contributed by atoms with Gasteiger partial charge >= 0.3 is 0 Å². The van der Waals surface area contributed by atoms with Gasteiger partial charge in [-0.2, -0.15) is 0 Å². The van der Waals surface area contributed by atoms with E-state index in [9.17, 15) is 13.6 Å². The number of rotatable bonds is 5. The SMILES string of the molecule is O=C(c1c(F)cccc1Cl)N1CCN(CCOc2ccc(F)cc2)CC1. The van der Waals surface area contributed by atoms with Gasteiger partial charge in [-0.3, -0.25) is 9.69 Å². The molecule has 4 nitrogen and oxygen atoms in total. The van der Waals surface area contributed by atoms with E-state index < -0.39 is 5.82 Å². The Morgan fingerprint density at radius 2 is 1.73 bits per heavy atom. The first-order chi connectivity index (χ1) is 12.5. The summed E-state index contributed by atoms with van der Waals surface area (Å²) >= 11 is 5.97. The highest BCUT2D eigenvalue weighted by Crippen LogP contribution is 2.21. The average molecular weight is 381 g/mol. The minimum Gasteiger partial charge on any atom is -0.492 e. The summed E-state index contributed by atoms with van der Waals surface area (Å²) in [5, 5.41) is 0.130. The fourth-order valence-electron chi connectivity index (χ4n) is 2.86. The number of amides is 1. The van der Waals surface area contributed by atoms with Gasteiger partial charge in [-0.05, 0) is 36.4 Å². The zero-order valence-corrected chi connectivity index (χ0v) is 14.9. The second-order valence-corrected chi connectivity index (χ2v) is 6.44. The van der Waals surface area contributed by atoms with Crippen LogP contribution in [0.25, 0.3) is 0 Å². The van der Waals surface area contributed by atoms with Crippen LogP contribution in [0.3, 0.4) is 0 Å². The average Bonchev–Trinajstić information content (AvgIpc) is 2.64. The molecule has 1 amide bonds. The molecule has 0 unspecified atom stereocenters. The minimum absolute atomic E-state index is 0.0674. The molecule has 2 aromatic rings. The summed E-state index contributed by atoms with van der Waals surface area (Å²) in [5.41, 5.74) is -0.0674. The van der Waals surface area contributed by atoms with Crippen LogP contribution in [0.4, 0.5) is 8.78 Å². The second kappa shape index (κ2) is 8.47. The first-order valence-corrected chi connectivity index (χ1v) is 8.76. The molecule has 138 valence electrons. The van der Waals surface area contributed by atoms with E-state index in [4.69, 9.17) is 16.3 Å². The van der Waals surface area contributed by atoms with Gasteiger partial charge in [0.15, 0.2) is 0 Å². The Kier molecular flexibility index (Phi) is 6.06. The highest BCUT2D eigenvalue weighted by atomic mass is 35.5. The number of benzene rings is 2. The lowest BCUT2D eigenvalue weighted by Gasteiger charge is -2.34. The van der Waals surface area contributed by atoms with Crippen LogP contribution in [0.5, 0.6) is 5.75 Å². The number of halogens is 3. The van der Waals surface area contributed by atoms with E-state index >= 15 is 0 Å². The van der Waals surface area contributed by atoms with Crippen LogP contribution < -0.4 is 4.74 Å². The zero-order chi connectivity index (χ0) is 18.5. The summed E-state index contributed by atoms with van der Waals surface area (Å²) < 4.78 is 32.3. The summed E-state index contributed by atoms with van der Waals surface area (Å²) in [6.07, 6.45) is 0. The Labute approximate surface area is 155 Å². The van der Waals surface area contributed by atoms with Crippen molar-refractivity contribution in [3.05, 3.63) is 64.7 Å². The smallest absolute Gasteiger partial charge is 0.258 e. The molecule has 0 atom stereocenters. The van der Waals surface area contributed by atoms with Gasteiger partial charge < -0.3 is 9.64 Å². The van der Waals surface area contributed by atoms with Crippen molar-refractivity contribution in [2.45, 2.75) is 0 Å². The molecule has 26 heavy (non-hydrogen) atoms. The van der Waals surface area contributed by atoms with E-state index in [0.29, 0.717) is 45.1 Å². The van der Waals surface area contributed by atoms with Gasteiger partial charge in [-0.1, -0.05) is 17.7 Å². The van der Waals surface area contributed by atoms with Gasteiger partial charge in [-0.25, -0.2) is 8.78 Å². The molecule has 0 bridgehead atoms. The van der Waals surface area contributed by atoms with Crippen LogP contribution in [0.1, 0.15) is 10.4 Å². The molecule has 0 spiro atoms. The lowest BCUT2D eigenvalue weighted by molar-refractivity contribution is 0.0616. The number of piperazine rings is 1. The summed E-state index contributed by atoms with van der Waals surface area (Å²) in [7, 11) is 0. The van der Waals surface area contributed by atoms with Crippen LogP contribution in [0.2, 0.25) is 5.02 Å². The number of carbonyl (C=O) groups excluding carboxylic acids is 1. The van der Waals surface area contributed by atoms with Gasteiger partial charge in [0, 0.05) is 32.7 Å². The highest BCUT2D eigenvalue weighted by molar-refractivity contribution is 6.33. The number of carbonyl (C=O) groups is 1. The molecule has 1 fully saturated rings. The maximum Gasteiger partial charge on any atom is 0.258 e. The van der Waals surface area contributed by atoms with Crippen molar-refractivity contribution in [1.29, 1.82) is 0 Å². The Morgan fingerprint density at radius 1 is 1.04 bits per heavy atom. The maximum atomic E-state index is 13.9. The third-order valence-electron chi connectivity index (χ3n) is 4.33. The molecule has 3 rings (SSSR count). The summed E-state index contributed by atoms with van der Waals surface area (Å²) in [5.74, 6) is -0.657. The Balaban J connectivity index is 1.46. The van der Waals surface area contributed by atoms with E-state index in [1.807, 2.05) is 0 Å². The molecule has 0 radical (unpaired) electrons. The van der Waals surface area contributed by atoms with E-state index in [0.717, 1.165) is 0 Å². The number of nitrogens with zero attached hydrogens (tertiary/aromatic N) is 2. The quantitative estimate of drug-likeness (QED) is 0.796. The number of ether oxygens (including phenoxy) is 1. The normalized spacial score (nSPS) is 15.1. The van der Waals surface area contributed by atoms with Crippen molar-refractivity contribution in [2.24, 2.45) is 0 Å². The number of hydrogen-bond donors (Lipinski definition) is 0. The minimum atomic E-state index is -0.599. The summed E-state index contributed by atoms with van der Waals surface area (Å²) in [6.45, 7) is 3.51. The molecule has 0 aliphatic carbocycles. The number of hydrogen-bond acceptors (Lipinski definition) is 3. The highest BCUT2D eigenvalue weighted by Gasteiger charge is 2.25. The lowest BCUT2D eigenvalue weighted by Crippen LogP contribution is -2.49. The Hall–Kier alpha value is -2.18. The van der Waals surface area contributed by atoms with Gasteiger partial charge in [0.25, 0.3) is 5.91 Å². The van der Waals surface area contributed by atoms with Crippen molar-refractivity contribution >= 4 is 17.5 Å². The van der Waals surface area contributed by atoms with Gasteiger partial charge in [-0.15, -0.1) is 0 Å². The van der Waals surface area contributed by atoms with Crippen molar-refractivity contribution in [1.82, 2.24) is 9.80 Å². The zero-order valence-electron chi connectivity index (χ0n) is 14.1. The van der Waals surface area contributed by atoms with E-state index in [-0.39, 0.29) is 22.3 Å². The first kappa shape index (κ1) is 18.6. The van der Waals surface area contributed by atoms with Crippen LogP contribution in [-0.2, 0) is 0 Å². The van der Waals surface area contributed by atoms with Crippen molar-refractivity contribution < 1.29 is 18.3 Å². The van der Waals surface area contributed by atoms with Crippen molar-refractivity contribution in [3.8, 4) is 5.75 Å². The molecule has 0 N–H and O–H groups in total. The van der Waals surface area contributed by atoms with Crippen molar-refractivity contribution in [2.75, 3.05) is 39.3 Å². The molecule has 7 heteroatoms. The molecule has 1 heterocycles. The standard InChI is InChI=1S/C19H19ClF2N2O2/c20-16-2-1-3-17(22)18(16)19(25)24-10-8-23(9-11-24)12-13-26-15-6-4-14(21)5-7-15/h1-7H,8-13H2. The predicted molar refractivity (Wildman–Crippen MR) is 95.6 cm³/mol.